The number of hydrogen-bond donors (Lipinski definition) is 4. The summed E-state index contributed by atoms with van der Waals surface area (Å²) in [5.41, 5.74) is 2.07. The van der Waals surface area contributed by atoms with Gasteiger partial charge in [0.25, 0.3) is 0 Å². The maximum Gasteiger partial charge on any atom is 0.308 e. The first-order valence-corrected chi connectivity index (χ1v) is 11.7. The van der Waals surface area contributed by atoms with Gasteiger partial charge in [-0.1, -0.05) is 31.0 Å². The molecular formula is C26H37NO7. The fraction of sp³-hybridized carbons (Fsp3) is 0.500. The Labute approximate surface area is 201 Å². The molecule has 8 nitrogen and oxygen atoms in total. The fourth-order valence-electron chi connectivity index (χ4n) is 3.41. The van der Waals surface area contributed by atoms with E-state index in [9.17, 15) is 20.1 Å². The number of phenols is 1. The lowest BCUT2D eigenvalue weighted by Crippen LogP contribution is -2.22. The minimum atomic E-state index is -0.708. The third kappa shape index (κ3) is 11.1. The minimum Gasteiger partial charge on any atom is -0.508 e. The molecule has 0 aliphatic carbocycles. The molecule has 4 N–H and O–H groups in total. The largest absolute Gasteiger partial charge is 0.508 e. The van der Waals surface area contributed by atoms with E-state index < -0.39 is 12.1 Å². The molecule has 0 amide bonds. The van der Waals surface area contributed by atoms with E-state index in [-0.39, 0.29) is 12.4 Å². The zero-order chi connectivity index (χ0) is 24.6. The number of aromatic hydroxyl groups is 1. The Bertz CT molecular complexity index is 859. The molecule has 0 radical (unpaired) electrons. The van der Waals surface area contributed by atoms with Crippen molar-refractivity contribution in [3.8, 4) is 11.5 Å². The molecule has 2 aromatic rings. The average molecular weight is 476 g/mol. The van der Waals surface area contributed by atoms with Crippen LogP contribution in [0.5, 0.6) is 11.5 Å². The van der Waals surface area contributed by atoms with E-state index in [1.165, 1.54) is 6.92 Å². The monoisotopic (exact) mass is 475 g/mol. The highest BCUT2D eigenvalue weighted by atomic mass is 16.5. The van der Waals surface area contributed by atoms with E-state index in [2.05, 4.69) is 5.32 Å². The topological polar surface area (TPSA) is 117 Å². The van der Waals surface area contributed by atoms with Crippen molar-refractivity contribution >= 4 is 5.97 Å². The van der Waals surface area contributed by atoms with Gasteiger partial charge in [0.05, 0.1) is 32.5 Å². The maximum atomic E-state index is 11.1. The summed E-state index contributed by atoms with van der Waals surface area (Å²) >= 11 is 0. The number of esters is 1. The van der Waals surface area contributed by atoms with Gasteiger partial charge in [-0.15, -0.1) is 0 Å². The first kappa shape index (κ1) is 27.8. The van der Waals surface area contributed by atoms with Gasteiger partial charge >= 0.3 is 5.97 Å². The quantitative estimate of drug-likeness (QED) is 0.157. The lowest BCUT2D eigenvalue weighted by atomic mass is 10.1. The normalized spacial score (nSPS) is 12.0. The van der Waals surface area contributed by atoms with Crippen LogP contribution >= 0.6 is 0 Å². The number of nitrogens with one attached hydrogen (secondary N) is 1. The van der Waals surface area contributed by atoms with E-state index in [1.807, 2.05) is 6.07 Å². The van der Waals surface area contributed by atoms with Crippen molar-refractivity contribution in [1.29, 1.82) is 0 Å². The summed E-state index contributed by atoms with van der Waals surface area (Å²) in [4.78, 5) is 11.1. The van der Waals surface area contributed by atoms with Crippen molar-refractivity contribution in [2.24, 2.45) is 0 Å². The first-order valence-electron chi connectivity index (χ1n) is 11.7. The van der Waals surface area contributed by atoms with Gasteiger partial charge in [-0.3, -0.25) is 4.79 Å². The Balaban J connectivity index is 1.45. The summed E-state index contributed by atoms with van der Waals surface area (Å²) in [6.45, 7) is 4.49. The summed E-state index contributed by atoms with van der Waals surface area (Å²) < 4.78 is 16.2. The third-order valence-corrected chi connectivity index (χ3v) is 5.17. The number of carbonyl (C=O) groups excluding carboxylic acids is 1. The van der Waals surface area contributed by atoms with Crippen molar-refractivity contribution in [3.63, 3.8) is 0 Å². The standard InChI is InChI=1S/C26H37NO7/c1-20(29)34-26-10-9-22(16-23(26)18-28)25(31)17-27-11-4-2-3-5-12-32-13-14-33-19-21-7-6-8-24(30)15-21/h6-10,15-16,25,27-28,30-31H,2-5,11-14,17-19H2,1H3/t25-/m0/s1. The summed E-state index contributed by atoms with van der Waals surface area (Å²) in [5.74, 6) is 0.100. The van der Waals surface area contributed by atoms with Gasteiger partial charge in [-0.2, -0.15) is 0 Å². The van der Waals surface area contributed by atoms with Gasteiger partial charge in [0.1, 0.15) is 11.5 Å². The smallest absolute Gasteiger partial charge is 0.308 e. The number of benzene rings is 2. The number of hydrogen-bond acceptors (Lipinski definition) is 8. The van der Waals surface area contributed by atoms with Crippen LogP contribution in [-0.2, 0) is 27.5 Å². The average Bonchev–Trinajstić information content (AvgIpc) is 2.81. The van der Waals surface area contributed by atoms with Crippen molar-refractivity contribution in [3.05, 3.63) is 59.2 Å². The summed E-state index contributed by atoms with van der Waals surface area (Å²) in [5, 5.41) is 32.5. The van der Waals surface area contributed by atoms with Crippen LogP contribution in [-0.4, -0.2) is 54.2 Å². The Morgan fingerprint density at radius 3 is 2.56 bits per heavy atom. The molecule has 0 aliphatic rings. The van der Waals surface area contributed by atoms with E-state index >= 15 is 0 Å². The summed E-state index contributed by atoms with van der Waals surface area (Å²) in [6, 6.07) is 12.0. The number of rotatable bonds is 17. The van der Waals surface area contributed by atoms with Crippen molar-refractivity contribution < 1.29 is 34.3 Å². The Morgan fingerprint density at radius 1 is 1.00 bits per heavy atom. The zero-order valence-corrected chi connectivity index (χ0v) is 19.9. The predicted octanol–water partition coefficient (Wildman–Crippen LogP) is 3.23. The molecule has 0 aromatic heterocycles. The number of aliphatic hydroxyl groups is 2. The Morgan fingerprint density at radius 2 is 1.79 bits per heavy atom. The first-order chi connectivity index (χ1) is 16.5. The Hall–Kier alpha value is -2.49. The van der Waals surface area contributed by atoms with Crippen LogP contribution in [0.2, 0.25) is 0 Å². The van der Waals surface area contributed by atoms with E-state index in [0.29, 0.717) is 49.8 Å². The van der Waals surface area contributed by atoms with Crippen LogP contribution in [0.25, 0.3) is 0 Å². The number of aliphatic hydroxyl groups excluding tert-OH is 2. The van der Waals surface area contributed by atoms with Crippen molar-refractivity contribution in [2.75, 3.05) is 32.9 Å². The molecule has 0 saturated heterocycles. The molecule has 34 heavy (non-hydrogen) atoms. The maximum absolute atomic E-state index is 11.1. The highest BCUT2D eigenvalue weighted by Crippen LogP contribution is 2.24. The molecule has 0 spiro atoms. The predicted molar refractivity (Wildman–Crippen MR) is 129 cm³/mol. The molecule has 0 fully saturated rings. The van der Waals surface area contributed by atoms with Gasteiger partial charge < -0.3 is 34.8 Å². The van der Waals surface area contributed by atoms with Gasteiger partial charge in [-0.25, -0.2) is 0 Å². The van der Waals surface area contributed by atoms with Crippen LogP contribution in [0.15, 0.2) is 42.5 Å². The second-order valence-corrected chi connectivity index (χ2v) is 8.09. The lowest BCUT2D eigenvalue weighted by molar-refractivity contribution is -0.131. The number of phenolic OH excluding ortho intramolecular Hbond substituents is 1. The van der Waals surface area contributed by atoms with Crippen LogP contribution in [0.3, 0.4) is 0 Å². The Kier molecular flexibility index (Phi) is 13.2. The van der Waals surface area contributed by atoms with Crippen LogP contribution in [0, 0.1) is 0 Å². The van der Waals surface area contributed by atoms with Gasteiger partial charge in [-0.05, 0) is 54.8 Å². The van der Waals surface area contributed by atoms with Crippen LogP contribution in [0.4, 0.5) is 0 Å². The molecule has 0 heterocycles. The molecule has 188 valence electrons. The van der Waals surface area contributed by atoms with E-state index in [0.717, 1.165) is 37.8 Å². The molecule has 0 saturated carbocycles. The summed E-state index contributed by atoms with van der Waals surface area (Å²) in [6.07, 6.45) is 3.44. The fourth-order valence-corrected chi connectivity index (χ4v) is 3.41. The minimum absolute atomic E-state index is 0.243. The lowest BCUT2D eigenvalue weighted by Gasteiger charge is -2.15. The highest BCUT2D eigenvalue weighted by molar-refractivity contribution is 5.69. The molecule has 0 unspecified atom stereocenters. The molecule has 1 atom stereocenters. The van der Waals surface area contributed by atoms with Crippen molar-refractivity contribution in [1.82, 2.24) is 5.32 Å². The second-order valence-electron chi connectivity index (χ2n) is 8.09. The number of unbranched alkanes of at least 4 members (excludes halogenated alkanes) is 3. The van der Waals surface area contributed by atoms with Gasteiger partial charge in [0.2, 0.25) is 0 Å². The molecule has 0 aliphatic heterocycles. The molecule has 2 aromatic carbocycles. The SMILES string of the molecule is CC(=O)Oc1ccc([C@@H](O)CNCCCCCCOCCOCc2cccc(O)c2)cc1CO. The van der Waals surface area contributed by atoms with Gasteiger partial charge in [0.15, 0.2) is 0 Å². The zero-order valence-electron chi connectivity index (χ0n) is 19.9. The molecule has 8 heteroatoms. The van der Waals surface area contributed by atoms with Crippen molar-refractivity contribution in [2.45, 2.75) is 51.9 Å². The number of ether oxygens (including phenoxy) is 3. The third-order valence-electron chi connectivity index (χ3n) is 5.17. The summed E-state index contributed by atoms with van der Waals surface area (Å²) in [7, 11) is 0. The molecular weight excluding hydrogens is 438 g/mol. The highest BCUT2D eigenvalue weighted by Gasteiger charge is 2.12. The molecule has 0 bridgehead atoms. The van der Waals surface area contributed by atoms with Gasteiger partial charge in [0, 0.05) is 25.6 Å². The van der Waals surface area contributed by atoms with Crippen LogP contribution < -0.4 is 10.1 Å². The second kappa shape index (κ2) is 16.2. The molecule has 2 rings (SSSR count). The van der Waals surface area contributed by atoms with Crippen LogP contribution in [0.1, 0.15) is 55.4 Å². The van der Waals surface area contributed by atoms with E-state index in [1.54, 1.807) is 36.4 Å². The van der Waals surface area contributed by atoms with E-state index in [4.69, 9.17) is 14.2 Å². The number of carbonyl (C=O) groups is 1.